The molecule has 0 bridgehead atoms. The number of ether oxygens (including phenoxy) is 3. The lowest BCUT2D eigenvalue weighted by molar-refractivity contribution is 0.174. The van der Waals surface area contributed by atoms with Gasteiger partial charge in [0.25, 0.3) is 0 Å². The molecule has 0 spiro atoms. The van der Waals surface area contributed by atoms with Crippen LogP contribution in [0.2, 0.25) is 0 Å². The monoisotopic (exact) mass is 296 g/mol. The number of nitrogens with one attached hydrogen (secondary N) is 1. The Labute approximate surface area is 124 Å². The van der Waals surface area contributed by atoms with Gasteiger partial charge in [-0.2, -0.15) is 0 Å². The SMILES string of the molecule is CCCN(CCOC)C(=S)Nc1ccc2c(c1)OCO2. The van der Waals surface area contributed by atoms with E-state index in [4.69, 9.17) is 26.4 Å². The zero-order valence-corrected chi connectivity index (χ0v) is 12.7. The second-order valence-corrected chi connectivity index (χ2v) is 4.86. The van der Waals surface area contributed by atoms with E-state index >= 15 is 0 Å². The van der Waals surface area contributed by atoms with Gasteiger partial charge in [-0.3, -0.25) is 0 Å². The Bertz CT molecular complexity index is 468. The van der Waals surface area contributed by atoms with Gasteiger partial charge in [0, 0.05) is 32.0 Å². The molecule has 2 rings (SSSR count). The second-order valence-electron chi connectivity index (χ2n) is 4.48. The van der Waals surface area contributed by atoms with Gasteiger partial charge in [-0.1, -0.05) is 6.92 Å². The zero-order valence-electron chi connectivity index (χ0n) is 11.8. The summed E-state index contributed by atoms with van der Waals surface area (Å²) in [6.45, 7) is 4.74. The number of benzene rings is 1. The van der Waals surface area contributed by atoms with Gasteiger partial charge in [-0.15, -0.1) is 0 Å². The van der Waals surface area contributed by atoms with Crippen LogP contribution in [0.4, 0.5) is 5.69 Å². The van der Waals surface area contributed by atoms with Gasteiger partial charge in [-0.25, -0.2) is 0 Å². The minimum absolute atomic E-state index is 0.277. The van der Waals surface area contributed by atoms with Crippen LogP contribution in [0.25, 0.3) is 0 Å². The summed E-state index contributed by atoms with van der Waals surface area (Å²) in [4.78, 5) is 2.10. The van der Waals surface area contributed by atoms with Crippen LogP contribution in [0.5, 0.6) is 11.5 Å². The first-order chi connectivity index (χ1) is 9.74. The molecule has 0 aromatic heterocycles. The highest BCUT2D eigenvalue weighted by Crippen LogP contribution is 2.34. The van der Waals surface area contributed by atoms with Crippen molar-refractivity contribution in [2.45, 2.75) is 13.3 Å². The lowest BCUT2D eigenvalue weighted by Gasteiger charge is -2.25. The first-order valence-electron chi connectivity index (χ1n) is 6.69. The van der Waals surface area contributed by atoms with E-state index in [9.17, 15) is 0 Å². The van der Waals surface area contributed by atoms with E-state index in [2.05, 4.69) is 17.1 Å². The number of rotatable bonds is 6. The Morgan fingerprint density at radius 2 is 2.15 bits per heavy atom. The van der Waals surface area contributed by atoms with E-state index in [0.717, 1.165) is 36.7 Å². The molecule has 20 heavy (non-hydrogen) atoms. The fraction of sp³-hybridized carbons (Fsp3) is 0.500. The highest BCUT2D eigenvalue weighted by Gasteiger charge is 2.14. The smallest absolute Gasteiger partial charge is 0.231 e. The zero-order chi connectivity index (χ0) is 14.4. The van der Waals surface area contributed by atoms with E-state index < -0.39 is 0 Å². The molecule has 0 unspecified atom stereocenters. The molecule has 1 N–H and O–H groups in total. The van der Waals surface area contributed by atoms with Gasteiger partial charge >= 0.3 is 0 Å². The molecule has 1 aliphatic heterocycles. The number of methoxy groups -OCH3 is 1. The quantitative estimate of drug-likeness (QED) is 0.814. The van der Waals surface area contributed by atoms with Gasteiger partial charge in [0.15, 0.2) is 16.6 Å². The first-order valence-corrected chi connectivity index (χ1v) is 7.10. The van der Waals surface area contributed by atoms with E-state index in [1.54, 1.807) is 7.11 Å². The Hall–Kier alpha value is -1.53. The van der Waals surface area contributed by atoms with E-state index in [1.165, 1.54) is 0 Å². The lowest BCUT2D eigenvalue weighted by Crippen LogP contribution is -2.37. The van der Waals surface area contributed by atoms with Gasteiger partial charge in [0.05, 0.1) is 6.61 Å². The molecule has 110 valence electrons. The minimum Gasteiger partial charge on any atom is -0.454 e. The number of hydrogen-bond donors (Lipinski definition) is 1. The van der Waals surface area contributed by atoms with Crippen molar-refractivity contribution in [1.82, 2.24) is 4.90 Å². The maximum atomic E-state index is 5.45. The molecule has 1 aliphatic rings. The predicted molar refractivity (Wildman–Crippen MR) is 82.5 cm³/mol. The topological polar surface area (TPSA) is 43.0 Å². The molecule has 0 amide bonds. The van der Waals surface area contributed by atoms with Crippen molar-refractivity contribution in [3.05, 3.63) is 18.2 Å². The normalized spacial score (nSPS) is 12.3. The summed E-state index contributed by atoms with van der Waals surface area (Å²) in [5.74, 6) is 1.52. The van der Waals surface area contributed by atoms with Gasteiger partial charge in [0.2, 0.25) is 6.79 Å². The number of fused-ring (bicyclic) bond motifs is 1. The van der Waals surface area contributed by atoms with Crippen molar-refractivity contribution in [1.29, 1.82) is 0 Å². The van der Waals surface area contributed by atoms with Crippen LogP contribution in [0.3, 0.4) is 0 Å². The third kappa shape index (κ3) is 3.74. The van der Waals surface area contributed by atoms with Crippen LogP contribution in [0, 0.1) is 0 Å². The van der Waals surface area contributed by atoms with Crippen molar-refractivity contribution in [2.24, 2.45) is 0 Å². The highest BCUT2D eigenvalue weighted by molar-refractivity contribution is 7.80. The largest absolute Gasteiger partial charge is 0.454 e. The molecule has 0 atom stereocenters. The number of anilines is 1. The molecular formula is C14H20N2O3S. The van der Waals surface area contributed by atoms with Gasteiger partial charge in [0.1, 0.15) is 0 Å². The molecule has 0 fully saturated rings. The molecule has 0 radical (unpaired) electrons. The predicted octanol–water partition coefficient (Wildman–Crippen LogP) is 2.47. The van der Waals surface area contributed by atoms with Crippen molar-refractivity contribution >= 4 is 23.0 Å². The summed E-state index contributed by atoms with van der Waals surface area (Å²) >= 11 is 5.45. The number of thiocarbonyl (C=S) groups is 1. The van der Waals surface area contributed by atoms with E-state index in [1.807, 2.05) is 18.2 Å². The third-order valence-electron chi connectivity index (χ3n) is 2.97. The summed E-state index contributed by atoms with van der Waals surface area (Å²) in [5, 5.41) is 3.93. The highest BCUT2D eigenvalue weighted by atomic mass is 32.1. The average Bonchev–Trinajstić information content (AvgIpc) is 2.90. The van der Waals surface area contributed by atoms with Crippen molar-refractivity contribution < 1.29 is 14.2 Å². The summed E-state index contributed by atoms with van der Waals surface area (Å²) < 4.78 is 15.8. The van der Waals surface area contributed by atoms with E-state index in [-0.39, 0.29) is 6.79 Å². The molecule has 1 aromatic rings. The minimum atomic E-state index is 0.277. The third-order valence-corrected chi connectivity index (χ3v) is 3.33. The van der Waals surface area contributed by atoms with Crippen LogP contribution in [-0.2, 0) is 4.74 Å². The maximum absolute atomic E-state index is 5.45. The summed E-state index contributed by atoms with van der Waals surface area (Å²) in [6.07, 6.45) is 1.03. The molecule has 1 heterocycles. The van der Waals surface area contributed by atoms with Crippen molar-refractivity contribution in [2.75, 3.05) is 38.9 Å². The van der Waals surface area contributed by atoms with Crippen LogP contribution < -0.4 is 14.8 Å². The molecule has 0 saturated carbocycles. The average molecular weight is 296 g/mol. The van der Waals surface area contributed by atoms with E-state index in [0.29, 0.717) is 11.7 Å². The van der Waals surface area contributed by atoms with Crippen molar-refractivity contribution in [3.63, 3.8) is 0 Å². The van der Waals surface area contributed by atoms with Crippen LogP contribution in [0.1, 0.15) is 13.3 Å². The summed E-state index contributed by atoms with van der Waals surface area (Å²) in [5.41, 5.74) is 0.901. The van der Waals surface area contributed by atoms with Gasteiger partial charge in [-0.05, 0) is 30.8 Å². The maximum Gasteiger partial charge on any atom is 0.231 e. The van der Waals surface area contributed by atoms with Crippen LogP contribution in [0.15, 0.2) is 18.2 Å². The van der Waals surface area contributed by atoms with Crippen LogP contribution >= 0.6 is 12.2 Å². The molecule has 6 heteroatoms. The van der Waals surface area contributed by atoms with Crippen molar-refractivity contribution in [3.8, 4) is 11.5 Å². The summed E-state index contributed by atoms with van der Waals surface area (Å²) in [6, 6.07) is 5.71. The Kier molecular flexibility index (Phi) is 5.43. The molecule has 0 aliphatic carbocycles. The molecular weight excluding hydrogens is 276 g/mol. The lowest BCUT2D eigenvalue weighted by atomic mass is 10.3. The first kappa shape index (κ1) is 14.9. The fourth-order valence-electron chi connectivity index (χ4n) is 1.96. The molecule has 0 saturated heterocycles. The Morgan fingerprint density at radius 1 is 1.35 bits per heavy atom. The summed E-state index contributed by atoms with van der Waals surface area (Å²) in [7, 11) is 1.69. The second kappa shape index (κ2) is 7.31. The Morgan fingerprint density at radius 3 is 2.90 bits per heavy atom. The van der Waals surface area contributed by atoms with Crippen LogP contribution in [-0.4, -0.2) is 43.6 Å². The number of nitrogens with zero attached hydrogens (tertiary/aromatic N) is 1. The standard InChI is InChI=1S/C14H20N2O3S/c1-3-6-16(7-8-17-2)14(20)15-11-4-5-12-13(9-11)19-10-18-12/h4-5,9H,3,6-8,10H2,1-2H3,(H,15,20). The molecule has 5 nitrogen and oxygen atoms in total. The Balaban J connectivity index is 1.98. The molecule has 1 aromatic carbocycles. The van der Waals surface area contributed by atoms with Gasteiger partial charge < -0.3 is 24.4 Å². The number of hydrogen-bond acceptors (Lipinski definition) is 4. The fourth-order valence-corrected chi connectivity index (χ4v) is 2.26.